The molecule has 2 N–H and O–H groups in total. The molecule has 1 fully saturated rings. The second-order valence-electron chi connectivity index (χ2n) is 6.88. The molecular formula is C17H26N2O2. The first kappa shape index (κ1) is 15.7. The first-order valence-corrected chi connectivity index (χ1v) is 7.60. The van der Waals surface area contributed by atoms with E-state index in [2.05, 4.69) is 12.1 Å². The fourth-order valence-electron chi connectivity index (χ4n) is 2.69. The number of rotatable bonds is 1. The summed E-state index contributed by atoms with van der Waals surface area (Å²) in [4.78, 5) is 14.0. The molecule has 1 atom stereocenters. The van der Waals surface area contributed by atoms with Crippen LogP contribution in [0.4, 0.5) is 10.5 Å². The van der Waals surface area contributed by atoms with E-state index in [1.807, 2.05) is 38.7 Å². The Labute approximate surface area is 127 Å². The van der Waals surface area contributed by atoms with Crippen molar-refractivity contribution in [2.45, 2.75) is 52.1 Å². The highest BCUT2D eigenvalue weighted by atomic mass is 16.6. The molecule has 4 heteroatoms. The zero-order valence-corrected chi connectivity index (χ0v) is 13.5. The number of hydrogen-bond acceptors (Lipinski definition) is 3. The summed E-state index contributed by atoms with van der Waals surface area (Å²) in [5.74, 6) is 0.366. The molecule has 1 amide bonds. The second kappa shape index (κ2) is 5.96. The van der Waals surface area contributed by atoms with E-state index in [1.54, 1.807) is 0 Å². The molecule has 1 aromatic rings. The van der Waals surface area contributed by atoms with Gasteiger partial charge in [0, 0.05) is 24.7 Å². The third-order valence-electron chi connectivity index (χ3n) is 3.84. The van der Waals surface area contributed by atoms with Gasteiger partial charge in [-0.05, 0) is 57.7 Å². The van der Waals surface area contributed by atoms with Crippen molar-refractivity contribution in [1.82, 2.24) is 4.90 Å². The Morgan fingerprint density at radius 1 is 1.38 bits per heavy atom. The third kappa shape index (κ3) is 4.13. The zero-order chi connectivity index (χ0) is 15.6. The SMILES string of the molecule is Cc1cc(C2CCCN(C(=O)OC(C)(C)C)C2)ccc1N. The van der Waals surface area contributed by atoms with Crippen molar-refractivity contribution in [2.24, 2.45) is 0 Å². The van der Waals surface area contributed by atoms with Crippen LogP contribution in [0, 0.1) is 6.92 Å². The lowest BCUT2D eigenvalue weighted by molar-refractivity contribution is 0.0198. The summed E-state index contributed by atoms with van der Waals surface area (Å²) in [6, 6.07) is 6.17. The van der Waals surface area contributed by atoms with E-state index in [4.69, 9.17) is 10.5 Å². The van der Waals surface area contributed by atoms with Gasteiger partial charge in [-0.2, -0.15) is 0 Å². The number of carbonyl (C=O) groups is 1. The van der Waals surface area contributed by atoms with Crippen LogP contribution in [0.25, 0.3) is 0 Å². The van der Waals surface area contributed by atoms with Crippen molar-refractivity contribution in [3.8, 4) is 0 Å². The van der Waals surface area contributed by atoms with Gasteiger partial charge in [0.25, 0.3) is 0 Å². The zero-order valence-electron chi connectivity index (χ0n) is 13.5. The molecule has 1 heterocycles. The molecule has 21 heavy (non-hydrogen) atoms. The number of aryl methyl sites for hydroxylation is 1. The molecule has 116 valence electrons. The van der Waals surface area contributed by atoms with Crippen LogP contribution in [0.15, 0.2) is 18.2 Å². The number of ether oxygens (including phenoxy) is 1. The smallest absolute Gasteiger partial charge is 0.410 e. The molecule has 0 saturated carbocycles. The van der Waals surface area contributed by atoms with Crippen molar-refractivity contribution in [1.29, 1.82) is 0 Å². The molecule has 0 aliphatic carbocycles. The quantitative estimate of drug-likeness (QED) is 0.802. The molecule has 0 radical (unpaired) electrons. The van der Waals surface area contributed by atoms with E-state index in [0.717, 1.165) is 37.2 Å². The predicted octanol–water partition coefficient (Wildman–Crippen LogP) is 3.69. The second-order valence-corrected chi connectivity index (χ2v) is 6.88. The van der Waals surface area contributed by atoms with E-state index >= 15 is 0 Å². The van der Waals surface area contributed by atoms with Gasteiger partial charge >= 0.3 is 6.09 Å². The molecule has 1 aliphatic rings. The lowest BCUT2D eigenvalue weighted by Gasteiger charge is -2.34. The summed E-state index contributed by atoms with van der Waals surface area (Å²) >= 11 is 0. The van der Waals surface area contributed by atoms with E-state index < -0.39 is 5.60 Å². The molecule has 1 saturated heterocycles. The molecule has 2 rings (SSSR count). The molecule has 0 spiro atoms. The highest BCUT2D eigenvalue weighted by molar-refractivity contribution is 5.68. The van der Waals surface area contributed by atoms with E-state index in [-0.39, 0.29) is 6.09 Å². The Balaban J connectivity index is 2.06. The largest absolute Gasteiger partial charge is 0.444 e. The van der Waals surface area contributed by atoms with E-state index in [0.29, 0.717) is 5.92 Å². The lowest BCUT2D eigenvalue weighted by Crippen LogP contribution is -2.42. The van der Waals surface area contributed by atoms with Crippen molar-refractivity contribution in [3.63, 3.8) is 0 Å². The van der Waals surface area contributed by atoms with Gasteiger partial charge in [-0.3, -0.25) is 0 Å². The molecular weight excluding hydrogens is 264 g/mol. The Morgan fingerprint density at radius 3 is 2.71 bits per heavy atom. The summed E-state index contributed by atoms with van der Waals surface area (Å²) in [5, 5.41) is 0. The van der Waals surface area contributed by atoms with Gasteiger partial charge in [0.15, 0.2) is 0 Å². The summed E-state index contributed by atoms with van der Waals surface area (Å²) in [5.41, 5.74) is 8.61. The number of likely N-dealkylation sites (tertiary alicyclic amines) is 1. The minimum absolute atomic E-state index is 0.209. The fraction of sp³-hybridized carbons (Fsp3) is 0.588. The van der Waals surface area contributed by atoms with Crippen molar-refractivity contribution in [2.75, 3.05) is 18.8 Å². The number of nitrogen functional groups attached to an aromatic ring is 1. The predicted molar refractivity (Wildman–Crippen MR) is 85.4 cm³/mol. The Bertz CT molecular complexity index is 520. The third-order valence-corrected chi connectivity index (χ3v) is 3.84. The van der Waals surface area contributed by atoms with Gasteiger partial charge in [0.1, 0.15) is 5.60 Å². The number of hydrogen-bond donors (Lipinski definition) is 1. The first-order chi connectivity index (χ1) is 9.76. The number of amides is 1. The average molecular weight is 290 g/mol. The van der Waals surface area contributed by atoms with Gasteiger partial charge < -0.3 is 15.4 Å². The maximum Gasteiger partial charge on any atom is 0.410 e. The maximum absolute atomic E-state index is 12.2. The number of piperidine rings is 1. The summed E-state index contributed by atoms with van der Waals surface area (Å²) in [6.07, 6.45) is 1.90. The van der Waals surface area contributed by atoms with Crippen LogP contribution in [0.2, 0.25) is 0 Å². The van der Waals surface area contributed by atoms with Crippen LogP contribution >= 0.6 is 0 Å². The normalized spacial score (nSPS) is 19.4. The summed E-state index contributed by atoms with van der Waals surface area (Å²) in [6.45, 7) is 9.21. The van der Waals surface area contributed by atoms with Crippen LogP contribution in [0.3, 0.4) is 0 Å². The topological polar surface area (TPSA) is 55.6 Å². The number of anilines is 1. The Kier molecular flexibility index (Phi) is 4.45. The number of nitrogens with two attached hydrogens (primary N) is 1. The van der Waals surface area contributed by atoms with Crippen molar-refractivity contribution < 1.29 is 9.53 Å². The number of nitrogens with zero attached hydrogens (tertiary/aromatic N) is 1. The van der Waals surface area contributed by atoms with Gasteiger partial charge in [-0.25, -0.2) is 4.79 Å². The molecule has 4 nitrogen and oxygen atoms in total. The Hall–Kier alpha value is -1.71. The highest BCUT2D eigenvalue weighted by Gasteiger charge is 2.28. The van der Waals surface area contributed by atoms with Crippen molar-refractivity contribution >= 4 is 11.8 Å². The molecule has 1 unspecified atom stereocenters. The van der Waals surface area contributed by atoms with Crippen LogP contribution < -0.4 is 5.73 Å². The van der Waals surface area contributed by atoms with E-state index in [1.165, 1.54) is 5.56 Å². The first-order valence-electron chi connectivity index (χ1n) is 7.60. The van der Waals surface area contributed by atoms with Gasteiger partial charge in [-0.1, -0.05) is 12.1 Å². The average Bonchev–Trinajstić information content (AvgIpc) is 2.40. The molecule has 1 aliphatic heterocycles. The van der Waals surface area contributed by atoms with Crippen LogP contribution in [-0.2, 0) is 4.74 Å². The molecule has 0 bridgehead atoms. The minimum Gasteiger partial charge on any atom is -0.444 e. The summed E-state index contributed by atoms with van der Waals surface area (Å²) in [7, 11) is 0. The van der Waals surface area contributed by atoms with Gasteiger partial charge in [0.2, 0.25) is 0 Å². The standard InChI is InChI=1S/C17H26N2O2/c1-12-10-13(7-8-15(12)18)14-6-5-9-19(11-14)16(20)21-17(2,3)4/h7-8,10,14H,5-6,9,11,18H2,1-4H3. The minimum atomic E-state index is -0.443. The van der Waals surface area contributed by atoms with Crippen LogP contribution in [0.1, 0.15) is 50.7 Å². The summed E-state index contributed by atoms with van der Waals surface area (Å²) < 4.78 is 5.47. The van der Waals surface area contributed by atoms with E-state index in [9.17, 15) is 4.79 Å². The lowest BCUT2D eigenvalue weighted by atomic mass is 9.89. The van der Waals surface area contributed by atoms with Crippen LogP contribution in [-0.4, -0.2) is 29.7 Å². The Morgan fingerprint density at radius 2 is 2.10 bits per heavy atom. The molecule has 0 aromatic heterocycles. The maximum atomic E-state index is 12.2. The number of carbonyl (C=O) groups excluding carboxylic acids is 1. The van der Waals surface area contributed by atoms with Crippen LogP contribution in [0.5, 0.6) is 0 Å². The van der Waals surface area contributed by atoms with Gasteiger partial charge in [-0.15, -0.1) is 0 Å². The highest BCUT2D eigenvalue weighted by Crippen LogP contribution is 2.29. The van der Waals surface area contributed by atoms with Gasteiger partial charge in [0.05, 0.1) is 0 Å². The fourth-order valence-corrected chi connectivity index (χ4v) is 2.69. The van der Waals surface area contributed by atoms with Crippen molar-refractivity contribution in [3.05, 3.63) is 29.3 Å². The monoisotopic (exact) mass is 290 g/mol. The number of benzene rings is 1. The molecule has 1 aromatic carbocycles.